The van der Waals surface area contributed by atoms with Gasteiger partial charge in [-0.2, -0.15) is 0 Å². The summed E-state index contributed by atoms with van der Waals surface area (Å²) in [6.45, 7) is 1.60. The van der Waals surface area contributed by atoms with Gasteiger partial charge in [0.15, 0.2) is 0 Å². The largest absolute Gasteiger partial charge is 0.303 e. The van der Waals surface area contributed by atoms with Gasteiger partial charge in [0, 0.05) is 12.6 Å². The fourth-order valence-electron chi connectivity index (χ4n) is 1.63. The van der Waals surface area contributed by atoms with Gasteiger partial charge in [0.05, 0.1) is 0 Å². The normalized spacial score (nSPS) is 34.6. The zero-order chi connectivity index (χ0) is 8.43. The molecule has 0 bridgehead atoms. The summed E-state index contributed by atoms with van der Waals surface area (Å²) in [6.07, 6.45) is 0.272. The Bertz CT molecular complexity index is 127. The van der Waals surface area contributed by atoms with Crippen LogP contribution >= 0.6 is 0 Å². The third-order valence-electron chi connectivity index (χ3n) is 2.37. The minimum absolute atomic E-state index is 0.131. The van der Waals surface area contributed by atoms with Crippen LogP contribution in [0.2, 0.25) is 0 Å². The van der Waals surface area contributed by atoms with Crippen LogP contribution in [-0.4, -0.2) is 56.2 Å². The maximum atomic E-state index is 13.3. The first-order chi connectivity index (χ1) is 5.11. The van der Waals surface area contributed by atoms with Crippen molar-refractivity contribution in [1.29, 1.82) is 0 Å². The van der Waals surface area contributed by atoms with Crippen molar-refractivity contribution < 1.29 is 4.39 Å². The molecule has 0 aromatic rings. The number of alkyl halides is 1. The quantitative estimate of drug-likeness (QED) is 0.554. The molecule has 1 aliphatic heterocycles. The first-order valence-corrected chi connectivity index (χ1v) is 4.10. The Morgan fingerprint density at radius 1 is 1.45 bits per heavy atom. The molecule has 0 unspecified atom stereocenters. The van der Waals surface area contributed by atoms with Crippen molar-refractivity contribution in [3.63, 3.8) is 0 Å². The van der Waals surface area contributed by atoms with Gasteiger partial charge in [-0.3, -0.25) is 0 Å². The van der Waals surface area contributed by atoms with Crippen LogP contribution in [0.3, 0.4) is 0 Å². The summed E-state index contributed by atoms with van der Waals surface area (Å²) < 4.78 is 13.3. The van der Waals surface area contributed by atoms with Gasteiger partial charge >= 0.3 is 0 Å². The average molecular weight is 160 g/mol. The van der Waals surface area contributed by atoms with E-state index in [1.807, 2.05) is 30.9 Å². The van der Waals surface area contributed by atoms with Crippen LogP contribution in [0.5, 0.6) is 0 Å². The summed E-state index contributed by atoms with van der Waals surface area (Å²) in [5.74, 6) is 0. The van der Waals surface area contributed by atoms with Crippen LogP contribution in [-0.2, 0) is 0 Å². The van der Waals surface area contributed by atoms with Crippen molar-refractivity contribution in [1.82, 2.24) is 9.80 Å². The maximum Gasteiger partial charge on any atom is 0.128 e. The average Bonchev–Trinajstić information content (AvgIpc) is 1.85. The molecule has 0 aliphatic carbocycles. The molecule has 11 heavy (non-hydrogen) atoms. The number of piperidine rings is 1. The van der Waals surface area contributed by atoms with E-state index in [0.717, 1.165) is 13.0 Å². The molecule has 0 N–H and O–H groups in total. The molecular weight excluding hydrogens is 143 g/mol. The van der Waals surface area contributed by atoms with Crippen molar-refractivity contribution in [2.45, 2.75) is 18.6 Å². The number of halogens is 1. The van der Waals surface area contributed by atoms with E-state index >= 15 is 0 Å². The second-order valence-electron chi connectivity index (χ2n) is 3.60. The Kier molecular flexibility index (Phi) is 2.84. The second-order valence-corrected chi connectivity index (χ2v) is 3.60. The number of rotatable bonds is 1. The van der Waals surface area contributed by atoms with E-state index in [1.165, 1.54) is 0 Å². The third-order valence-corrected chi connectivity index (χ3v) is 2.37. The molecule has 1 fully saturated rings. The highest BCUT2D eigenvalue weighted by molar-refractivity contribution is 4.83. The Balaban J connectivity index is 2.44. The van der Waals surface area contributed by atoms with Crippen molar-refractivity contribution in [3.8, 4) is 0 Å². The molecule has 0 saturated carbocycles. The van der Waals surface area contributed by atoms with E-state index in [-0.39, 0.29) is 6.04 Å². The summed E-state index contributed by atoms with van der Waals surface area (Å²) in [4.78, 5) is 4.03. The van der Waals surface area contributed by atoms with Crippen LogP contribution in [0.25, 0.3) is 0 Å². The van der Waals surface area contributed by atoms with Crippen LogP contribution in [0.1, 0.15) is 6.42 Å². The van der Waals surface area contributed by atoms with E-state index < -0.39 is 6.17 Å². The summed E-state index contributed by atoms with van der Waals surface area (Å²) in [5, 5.41) is 0. The molecule has 1 saturated heterocycles. The predicted molar refractivity (Wildman–Crippen MR) is 44.5 cm³/mol. The second kappa shape index (κ2) is 3.50. The van der Waals surface area contributed by atoms with Crippen molar-refractivity contribution in [2.24, 2.45) is 0 Å². The van der Waals surface area contributed by atoms with Crippen molar-refractivity contribution in [2.75, 3.05) is 34.2 Å². The monoisotopic (exact) mass is 160 g/mol. The van der Waals surface area contributed by atoms with Crippen LogP contribution < -0.4 is 0 Å². The van der Waals surface area contributed by atoms with Gasteiger partial charge in [0.1, 0.15) is 6.17 Å². The highest BCUT2D eigenvalue weighted by atomic mass is 19.1. The Morgan fingerprint density at radius 3 is 2.55 bits per heavy atom. The highest BCUT2D eigenvalue weighted by Gasteiger charge is 2.28. The number of nitrogens with zero attached hydrogens (tertiary/aromatic N) is 2. The van der Waals surface area contributed by atoms with Crippen LogP contribution in [0, 0.1) is 0 Å². The van der Waals surface area contributed by atoms with E-state index in [2.05, 4.69) is 0 Å². The van der Waals surface area contributed by atoms with Gasteiger partial charge in [0.2, 0.25) is 0 Å². The molecule has 0 radical (unpaired) electrons. The van der Waals surface area contributed by atoms with Crippen molar-refractivity contribution >= 4 is 0 Å². The maximum absolute atomic E-state index is 13.3. The molecule has 0 amide bonds. The molecular formula is C8H17FN2. The zero-order valence-corrected chi connectivity index (χ0v) is 7.55. The van der Waals surface area contributed by atoms with Crippen LogP contribution in [0.4, 0.5) is 4.39 Å². The lowest BCUT2D eigenvalue weighted by atomic mass is 10.0. The van der Waals surface area contributed by atoms with Gasteiger partial charge in [-0.1, -0.05) is 0 Å². The molecule has 3 heteroatoms. The van der Waals surface area contributed by atoms with E-state index in [4.69, 9.17) is 0 Å². The molecule has 0 spiro atoms. The minimum Gasteiger partial charge on any atom is -0.303 e. The lowest BCUT2D eigenvalue weighted by Gasteiger charge is -2.35. The number of hydrogen-bond donors (Lipinski definition) is 0. The topological polar surface area (TPSA) is 6.48 Å². The Morgan fingerprint density at radius 2 is 2.09 bits per heavy atom. The standard InChI is InChI=1S/C8H17FN2/c1-10(2)8-4-5-11(3)6-7(8)9/h7-8H,4-6H2,1-3H3/t7-,8+/m0/s1. The highest BCUT2D eigenvalue weighted by Crippen LogP contribution is 2.15. The van der Waals surface area contributed by atoms with E-state index in [1.54, 1.807) is 0 Å². The molecule has 66 valence electrons. The zero-order valence-electron chi connectivity index (χ0n) is 7.55. The Hall–Kier alpha value is -0.150. The van der Waals surface area contributed by atoms with Gasteiger partial charge in [-0.15, -0.1) is 0 Å². The summed E-state index contributed by atoms with van der Waals surface area (Å²) in [6, 6.07) is 0.131. The van der Waals surface area contributed by atoms with E-state index in [0.29, 0.717) is 6.54 Å². The molecule has 0 aromatic heterocycles. The number of hydrogen-bond acceptors (Lipinski definition) is 2. The fraction of sp³-hybridized carbons (Fsp3) is 1.00. The molecule has 1 rings (SSSR count). The summed E-state index contributed by atoms with van der Waals surface area (Å²) in [7, 11) is 5.86. The molecule has 1 aliphatic rings. The van der Waals surface area contributed by atoms with Crippen molar-refractivity contribution in [3.05, 3.63) is 0 Å². The molecule has 2 nitrogen and oxygen atoms in total. The Labute approximate surface area is 68.0 Å². The molecule has 0 aromatic carbocycles. The smallest absolute Gasteiger partial charge is 0.128 e. The van der Waals surface area contributed by atoms with Gasteiger partial charge in [-0.25, -0.2) is 4.39 Å². The van der Waals surface area contributed by atoms with E-state index in [9.17, 15) is 4.39 Å². The molecule has 2 atom stereocenters. The van der Waals surface area contributed by atoms with Gasteiger partial charge in [0.25, 0.3) is 0 Å². The lowest BCUT2D eigenvalue weighted by Crippen LogP contribution is -2.48. The van der Waals surface area contributed by atoms with Crippen LogP contribution in [0.15, 0.2) is 0 Å². The lowest BCUT2D eigenvalue weighted by molar-refractivity contribution is 0.0709. The first-order valence-electron chi connectivity index (χ1n) is 4.10. The minimum atomic E-state index is -0.677. The fourth-order valence-corrected chi connectivity index (χ4v) is 1.63. The SMILES string of the molecule is CN1CC[C@@H](N(C)C)[C@@H](F)C1. The predicted octanol–water partition coefficient (Wildman–Crippen LogP) is 0.590. The first kappa shape index (κ1) is 8.94. The third kappa shape index (κ3) is 2.14. The summed E-state index contributed by atoms with van der Waals surface area (Å²) >= 11 is 0. The number of likely N-dealkylation sites (tertiary alicyclic amines) is 1. The molecule has 1 heterocycles. The van der Waals surface area contributed by atoms with Gasteiger partial charge in [-0.05, 0) is 34.1 Å². The van der Waals surface area contributed by atoms with Gasteiger partial charge < -0.3 is 9.80 Å². The summed E-state index contributed by atoms with van der Waals surface area (Å²) in [5.41, 5.74) is 0.